The van der Waals surface area contributed by atoms with Crippen molar-refractivity contribution in [2.45, 2.75) is 58.3 Å². The van der Waals surface area contributed by atoms with Crippen molar-refractivity contribution >= 4 is 8.24 Å². The Balaban J connectivity index is 3.04. The second kappa shape index (κ2) is 4.15. The second-order valence-electron chi connectivity index (χ2n) is 6.81. The van der Waals surface area contributed by atoms with Gasteiger partial charge in [0, 0.05) is 10.6 Å². The summed E-state index contributed by atoms with van der Waals surface area (Å²) in [4.78, 5) is 3.90. The highest BCUT2D eigenvalue weighted by Crippen LogP contribution is 2.49. The largest absolute Gasteiger partial charge is 0.332 e. The lowest BCUT2D eigenvalue weighted by Gasteiger charge is -2.47. The van der Waals surface area contributed by atoms with Gasteiger partial charge in [0.1, 0.15) is 8.24 Å². The molecule has 1 aliphatic rings. The molecule has 0 heterocycles. The Morgan fingerprint density at radius 3 is 1.81 bits per heavy atom. The van der Waals surface area contributed by atoms with Crippen molar-refractivity contribution in [3.63, 3.8) is 0 Å². The molecular formula is C14H27NSi. The zero-order valence-corrected chi connectivity index (χ0v) is 12.9. The van der Waals surface area contributed by atoms with Crippen LogP contribution in [-0.4, -0.2) is 13.8 Å². The van der Waals surface area contributed by atoms with Crippen molar-refractivity contribution < 1.29 is 0 Å². The molecule has 0 saturated heterocycles. The summed E-state index contributed by atoms with van der Waals surface area (Å²) in [7, 11) is -1.54. The molecule has 1 rings (SSSR count). The van der Waals surface area contributed by atoms with E-state index in [1.54, 1.807) is 0 Å². The van der Waals surface area contributed by atoms with Crippen molar-refractivity contribution in [1.82, 2.24) is 4.98 Å². The van der Waals surface area contributed by atoms with Gasteiger partial charge in [-0.2, -0.15) is 0 Å². The normalized spacial score (nSPS) is 19.8. The van der Waals surface area contributed by atoms with E-state index < -0.39 is 8.24 Å². The van der Waals surface area contributed by atoms with Gasteiger partial charge in [0.05, 0.1) is 0 Å². The van der Waals surface area contributed by atoms with Crippen LogP contribution in [0.2, 0.25) is 18.1 Å². The standard InChI is InChI=1S/C14H27NSi/c1-12(2)14(10-8-9-11-14)16(6,7)15-13(3,4)5/h8-12,15H,1-7H3. The minimum atomic E-state index is -1.54. The summed E-state index contributed by atoms with van der Waals surface area (Å²) in [5.41, 5.74) is 0.196. The Hall–Kier alpha value is -0.343. The summed E-state index contributed by atoms with van der Waals surface area (Å²) in [6.45, 7) is 16.3. The first-order valence-electron chi connectivity index (χ1n) is 6.27. The zero-order valence-electron chi connectivity index (χ0n) is 11.9. The average Bonchev–Trinajstić information content (AvgIpc) is 2.46. The molecule has 0 aliphatic heterocycles. The van der Waals surface area contributed by atoms with E-state index >= 15 is 0 Å². The highest BCUT2D eigenvalue weighted by molar-refractivity contribution is 6.79. The molecule has 0 spiro atoms. The fourth-order valence-corrected chi connectivity index (χ4v) is 7.61. The summed E-state index contributed by atoms with van der Waals surface area (Å²) in [6.07, 6.45) is 9.23. The molecule has 1 N–H and O–H groups in total. The van der Waals surface area contributed by atoms with Crippen LogP contribution in [0.5, 0.6) is 0 Å². The predicted molar refractivity (Wildman–Crippen MR) is 76.2 cm³/mol. The summed E-state index contributed by atoms with van der Waals surface area (Å²) >= 11 is 0. The van der Waals surface area contributed by atoms with Gasteiger partial charge in [-0.15, -0.1) is 0 Å². The molecule has 0 aromatic carbocycles. The Bertz CT molecular complexity index is 293. The Labute approximate surface area is 102 Å². The first kappa shape index (κ1) is 13.7. The minimum absolute atomic E-state index is 0.196. The highest BCUT2D eigenvalue weighted by atomic mass is 28.3. The molecule has 1 nitrogen and oxygen atoms in total. The molecule has 1 aliphatic carbocycles. The fourth-order valence-electron chi connectivity index (χ4n) is 3.05. The van der Waals surface area contributed by atoms with Crippen molar-refractivity contribution in [1.29, 1.82) is 0 Å². The van der Waals surface area contributed by atoms with Crippen LogP contribution in [-0.2, 0) is 0 Å². The summed E-state index contributed by atoms with van der Waals surface area (Å²) in [6, 6.07) is 0. The van der Waals surface area contributed by atoms with E-state index in [1.165, 1.54) is 0 Å². The van der Waals surface area contributed by atoms with Crippen molar-refractivity contribution in [2.75, 3.05) is 0 Å². The molecule has 0 fully saturated rings. The Morgan fingerprint density at radius 1 is 1.06 bits per heavy atom. The quantitative estimate of drug-likeness (QED) is 0.729. The van der Waals surface area contributed by atoms with Gasteiger partial charge in [-0.1, -0.05) is 51.2 Å². The average molecular weight is 237 g/mol. The summed E-state index contributed by atoms with van der Waals surface area (Å²) in [5.74, 6) is 0.652. The lowest BCUT2D eigenvalue weighted by Crippen LogP contribution is -2.61. The first-order valence-corrected chi connectivity index (χ1v) is 9.27. The van der Waals surface area contributed by atoms with E-state index in [0.717, 1.165) is 0 Å². The van der Waals surface area contributed by atoms with Crippen LogP contribution in [0.4, 0.5) is 0 Å². The monoisotopic (exact) mass is 237 g/mol. The molecule has 0 bridgehead atoms. The maximum Gasteiger partial charge on any atom is 0.134 e. The number of hydrogen-bond acceptors (Lipinski definition) is 1. The molecule has 0 amide bonds. The van der Waals surface area contributed by atoms with Gasteiger partial charge < -0.3 is 4.98 Å². The van der Waals surface area contributed by atoms with Crippen LogP contribution in [0.3, 0.4) is 0 Å². The van der Waals surface area contributed by atoms with Gasteiger partial charge in [-0.05, 0) is 26.7 Å². The van der Waals surface area contributed by atoms with Gasteiger partial charge in [-0.25, -0.2) is 0 Å². The summed E-state index contributed by atoms with van der Waals surface area (Å²) in [5, 5.41) is 0.264. The van der Waals surface area contributed by atoms with Crippen molar-refractivity contribution in [3.05, 3.63) is 24.3 Å². The van der Waals surface area contributed by atoms with Crippen LogP contribution in [0.1, 0.15) is 34.6 Å². The molecule has 0 atom stereocenters. The van der Waals surface area contributed by atoms with E-state index in [4.69, 9.17) is 0 Å². The van der Waals surface area contributed by atoms with E-state index in [1.807, 2.05) is 0 Å². The van der Waals surface area contributed by atoms with Crippen LogP contribution in [0, 0.1) is 5.92 Å². The van der Waals surface area contributed by atoms with E-state index in [-0.39, 0.29) is 10.6 Å². The molecule has 0 radical (unpaired) electrons. The van der Waals surface area contributed by atoms with E-state index in [9.17, 15) is 0 Å². The molecule has 0 saturated carbocycles. The zero-order chi connectivity index (χ0) is 12.6. The number of nitrogens with one attached hydrogen (secondary N) is 1. The van der Waals surface area contributed by atoms with Gasteiger partial charge in [-0.3, -0.25) is 0 Å². The van der Waals surface area contributed by atoms with Gasteiger partial charge >= 0.3 is 0 Å². The molecule has 2 heteroatoms. The minimum Gasteiger partial charge on any atom is -0.332 e. The lowest BCUT2D eigenvalue weighted by atomic mass is 9.96. The van der Waals surface area contributed by atoms with E-state index in [2.05, 4.69) is 77.0 Å². The predicted octanol–water partition coefficient (Wildman–Crippen LogP) is 4.10. The molecule has 16 heavy (non-hydrogen) atoms. The maximum absolute atomic E-state index is 3.90. The molecule has 0 aromatic rings. The Morgan fingerprint density at radius 2 is 1.50 bits per heavy atom. The maximum atomic E-state index is 3.90. The third-order valence-electron chi connectivity index (χ3n) is 3.58. The number of rotatable bonds is 3. The van der Waals surface area contributed by atoms with Crippen LogP contribution in [0.25, 0.3) is 0 Å². The summed E-state index contributed by atoms with van der Waals surface area (Å²) < 4.78 is 0. The third kappa shape index (κ3) is 2.49. The van der Waals surface area contributed by atoms with Crippen molar-refractivity contribution in [2.24, 2.45) is 5.92 Å². The lowest BCUT2D eigenvalue weighted by molar-refractivity contribution is 0.475. The second-order valence-corrected chi connectivity index (χ2v) is 11.2. The van der Waals surface area contributed by atoms with Gasteiger partial charge in [0.25, 0.3) is 0 Å². The van der Waals surface area contributed by atoms with Crippen molar-refractivity contribution in [3.8, 4) is 0 Å². The fraction of sp³-hybridized carbons (Fsp3) is 0.714. The highest BCUT2D eigenvalue weighted by Gasteiger charge is 2.47. The van der Waals surface area contributed by atoms with E-state index in [0.29, 0.717) is 5.92 Å². The van der Waals surface area contributed by atoms with Crippen LogP contribution < -0.4 is 4.98 Å². The smallest absolute Gasteiger partial charge is 0.134 e. The number of hydrogen-bond donors (Lipinski definition) is 1. The Kier molecular flexibility index (Phi) is 3.56. The molecule has 0 unspecified atom stereocenters. The third-order valence-corrected chi connectivity index (χ3v) is 8.03. The SMILES string of the molecule is CC(C)C1([Si](C)(C)NC(C)(C)C)C=CC=C1. The van der Waals surface area contributed by atoms with Crippen LogP contribution >= 0.6 is 0 Å². The topological polar surface area (TPSA) is 12.0 Å². The van der Waals surface area contributed by atoms with Gasteiger partial charge in [0.15, 0.2) is 0 Å². The first-order chi connectivity index (χ1) is 7.11. The molecular weight excluding hydrogens is 210 g/mol. The van der Waals surface area contributed by atoms with Gasteiger partial charge in [0.2, 0.25) is 0 Å². The number of allylic oxidation sites excluding steroid dienone is 4. The molecule has 92 valence electrons. The van der Waals surface area contributed by atoms with Crippen LogP contribution in [0.15, 0.2) is 24.3 Å². The molecule has 0 aromatic heterocycles.